The third-order valence-corrected chi connectivity index (χ3v) is 10.2. The van der Waals surface area contributed by atoms with Crippen molar-refractivity contribution in [2.75, 3.05) is 6.61 Å². The normalized spacial score (nSPS) is 35.9. The monoisotopic (exact) mass is 472 g/mol. The molecule has 2 aliphatic rings. The van der Waals surface area contributed by atoms with Crippen molar-refractivity contribution in [2.24, 2.45) is 28.6 Å². The van der Waals surface area contributed by atoms with Crippen LogP contribution in [0.2, 0.25) is 0 Å². The van der Waals surface area contributed by atoms with Crippen molar-refractivity contribution in [3.63, 3.8) is 0 Å². The second kappa shape index (κ2) is 11.7. The number of rotatable bonds is 10. The van der Waals surface area contributed by atoms with E-state index >= 15 is 0 Å². The summed E-state index contributed by atoms with van der Waals surface area (Å²) in [6.45, 7) is 20.1. The Morgan fingerprint density at radius 2 is 1.79 bits per heavy atom. The summed E-state index contributed by atoms with van der Waals surface area (Å²) in [4.78, 5) is 11.6. The SMILES string of the molecule is C=C1CC[C@H](C)C(C)(C)[C@H]1CC/C(C)=C/CC[C@@]1(C)[C@@H](CCCO)/C(=C(/C)C=O)CC[C@]1(C)O. The number of carbonyl (C=O) groups is 1. The lowest BCUT2D eigenvalue weighted by atomic mass is 9.54. The van der Waals surface area contributed by atoms with Gasteiger partial charge in [0.05, 0.1) is 5.60 Å². The molecule has 0 aromatic heterocycles. The van der Waals surface area contributed by atoms with Crippen LogP contribution in [0.1, 0.15) is 113 Å². The van der Waals surface area contributed by atoms with E-state index < -0.39 is 5.60 Å². The minimum atomic E-state index is -0.790. The number of aliphatic hydroxyl groups excluding tert-OH is 1. The number of carbonyl (C=O) groups excluding carboxylic acids is 1. The maximum Gasteiger partial charge on any atom is 0.145 e. The van der Waals surface area contributed by atoms with Crippen LogP contribution in [0.15, 0.2) is 34.9 Å². The molecule has 0 radical (unpaired) electrons. The Bertz CT molecular complexity index is 784. The molecule has 3 nitrogen and oxygen atoms in total. The van der Waals surface area contributed by atoms with Crippen LogP contribution in [0.5, 0.6) is 0 Å². The smallest absolute Gasteiger partial charge is 0.145 e. The average Bonchev–Trinajstić information content (AvgIpc) is 2.77. The number of hydrogen-bond acceptors (Lipinski definition) is 3. The predicted octanol–water partition coefficient (Wildman–Crippen LogP) is 7.58. The van der Waals surface area contributed by atoms with E-state index in [0.29, 0.717) is 24.2 Å². The van der Waals surface area contributed by atoms with Gasteiger partial charge in [0.1, 0.15) is 6.29 Å². The summed E-state index contributed by atoms with van der Waals surface area (Å²) in [5.74, 6) is 1.43. The zero-order valence-corrected chi connectivity index (χ0v) is 23.2. The maximum atomic E-state index is 11.6. The summed E-state index contributed by atoms with van der Waals surface area (Å²) >= 11 is 0. The summed E-state index contributed by atoms with van der Waals surface area (Å²) in [7, 11) is 0. The molecule has 2 saturated carbocycles. The highest BCUT2D eigenvalue weighted by Crippen LogP contribution is 2.55. The van der Waals surface area contributed by atoms with E-state index in [1.54, 1.807) is 0 Å². The van der Waals surface area contributed by atoms with Crippen molar-refractivity contribution in [3.05, 3.63) is 34.9 Å². The molecule has 0 bridgehead atoms. The molecule has 0 aliphatic heterocycles. The van der Waals surface area contributed by atoms with Crippen LogP contribution in [-0.4, -0.2) is 28.7 Å². The van der Waals surface area contributed by atoms with Crippen molar-refractivity contribution >= 4 is 6.29 Å². The molecule has 0 unspecified atom stereocenters. The fourth-order valence-corrected chi connectivity index (χ4v) is 6.86. The van der Waals surface area contributed by atoms with Crippen LogP contribution in [0.4, 0.5) is 0 Å². The molecule has 2 aliphatic carbocycles. The molecule has 0 amide bonds. The van der Waals surface area contributed by atoms with Gasteiger partial charge < -0.3 is 10.2 Å². The minimum absolute atomic E-state index is 0.121. The van der Waals surface area contributed by atoms with Crippen LogP contribution < -0.4 is 0 Å². The van der Waals surface area contributed by atoms with E-state index in [4.69, 9.17) is 0 Å². The zero-order valence-electron chi connectivity index (χ0n) is 23.2. The van der Waals surface area contributed by atoms with Crippen molar-refractivity contribution in [2.45, 2.75) is 118 Å². The summed E-state index contributed by atoms with van der Waals surface area (Å²) in [6.07, 6.45) is 12.8. The molecule has 2 rings (SSSR count). The van der Waals surface area contributed by atoms with Gasteiger partial charge in [0, 0.05) is 12.0 Å². The largest absolute Gasteiger partial charge is 0.396 e. The Kier molecular flexibility index (Phi) is 9.99. The Balaban J connectivity index is 2.13. The average molecular weight is 473 g/mol. The first kappa shape index (κ1) is 29.0. The molecule has 0 spiro atoms. The van der Waals surface area contributed by atoms with Gasteiger partial charge in [-0.1, -0.05) is 57.1 Å². The van der Waals surface area contributed by atoms with Gasteiger partial charge in [0.2, 0.25) is 0 Å². The van der Waals surface area contributed by atoms with Gasteiger partial charge in [0.25, 0.3) is 0 Å². The van der Waals surface area contributed by atoms with Gasteiger partial charge in [-0.15, -0.1) is 0 Å². The second-order valence-corrected chi connectivity index (χ2v) is 12.5. The predicted molar refractivity (Wildman–Crippen MR) is 144 cm³/mol. The minimum Gasteiger partial charge on any atom is -0.396 e. The lowest BCUT2D eigenvalue weighted by molar-refractivity contribution is -0.115. The van der Waals surface area contributed by atoms with Crippen LogP contribution in [0.3, 0.4) is 0 Å². The van der Waals surface area contributed by atoms with Crippen LogP contribution >= 0.6 is 0 Å². The van der Waals surface area contributed by atoms with E-state index in [1.807, 2.05) is 13.8 Å². The lowest BCUT2D eigenvalue weighted by Gasteiger charge is -2.53. The highest BCUT2D eigenvalue weighted by atomic mass is 16.3. The number of aliphatic hydroxyl groups is 2. The van der Waals surface area contributed by atoms with Crippen molar-refractivity contribution in [1.29, 1.82) is 0 Å². The molecule has 3 heteroatoms. The van der Waals surface area contributed by atoms with Crippen LogP contribution in [0, 0.1) is 28.6 Å². The summed E-state index contributed by atoms with van der Waals surface area (Å²) in [6, 6.07) is 0. The molecule has 34 heavy (non-hydrogen) atoms. The Labute approximate surface area is 209 Å². The van der Waals surface area contributed by atoms with Crippen molar-refractivity contribution in [1.82, 2.24) is 0 Å². The highest BCUT2D eigenvalue weighted by Gasteiger charge is 2.52. The maximum absolute atomic E-state index is 11.6. The molecule has 0 saturated heterocycles. The van der Waals surface area contributed by atoms with Gasteiger partial charge in [0.15, 0.2) is 0 Å². The molecule has 0 heterocycles. The van der Waals surface area contributed by atoms with Crippen molar-refractivity contribution in [3.8, 4) is 0 Å². The van der Waals surface area contributed by atoms with Gasteiger partial charge >= 0.3 is 0 Å². The van der Waals surface area contributed by atoms with Crippen LogP contribution in [0.25, 0.3) is 0 Å². The van der Waals surface area contributed by atoms with E-state index in [9.17, 15) is 15.0 Å². The number of hydrogen-bond donors (Lipinski definition) is 2. The lowest BCUT2D eigenvalue weighted by Crippen LogP contribution is -2.52. The third-order valence-electron chi connectivity index (χ3n) is 10.2. The van der Waals surface area contributed by atoms with Crippen LogP contribution in [-0.2, 0) is 4.79 Å². The first-order valence-electron chi connectivity index (χ1n) is 13.6. The quantitative estimate of drug-likeness (QED) is 0.196. The van der Waals surface area contributed by atoms with Gasteiger partial charge in [-0.05, 0) is 114 Å². The zero-order chi connectivity index (χ0) is 25.7. The Morgan fingerprint density at radius 1 is 1.12 bits per heavy atom. The molecule has 2 N–H and O–H groups in total. The molecular weight excluding hydrogens is 420 g/mol. The molecule has 0 aromatic carbocycles. The van der Waals surface area contributed by atoms with Gasteiger partial charge in [-0.25, -0.2) is 0 Å². The van der Waals surface area contributed by atoms with Gasteiger partial charge in [-0.3, -0.25) is 4.79 Å². The van der Waals surface area contributed by atoms with Crippen molar-refractivity contribution < 1.29 is 15.0 Å². The molecular formula is C31H52O3. The van der Waals surface area contributed by atoms with E-state index in [0.717, 1.165) is 62.7 Å². The fraction of sp³-hybridized carbons (Fsp3) is 0.774. The number of allylic oxidation sites excluding steroid dienone is 5. The number of aldehydes is 1. The molecule has 5 atom stereocenters. The summed E-state index contributed by atoms with van der Waals surface area (Å²) in [5.41, 5.74) is 4.04. The standard InChI is InChI=1S/C31H52O3/c1-22(13-16-27-23(2)14-15-25(4)29(27,5)6)11-9-18-30(7)28(12-10-20-32)26(24(3)21-33)17-19-31(30,8)34/h11,21,25,27-28,32,34H,2,9-10,12-20H2,1,3-8H3/b22-11+,26-24-/t25-,27-,28-,30-,31-/m0/s1. The molecule has 2 fully saturated rings. The molecule has 0 aromatic rings. The third kappa shape index (κ3) is 6.13. The van der Waals surface area contributed by atoms with E-state index in [2.05, 4.69) is 47.3 Å². The topological polar surface area (TPSA) is 57.5 Å². The first-order chi connectivity index (χ1) is 15.8. The molecule has 194 valence electrons. The summed E-state index contributed by atoms with van der Waals surface area (Å²) in [5, 5.41) is 21.0. The second-order valence-electron chi connectivity index (χ2n) is 12.5. The fourth-order valence-electron chi connectivity index (χ4n) is 6.86. The first-order valence-corrected chi connectivity index (χ1v) is 13.6. The van der Waals surface area contributed by atoms with E-state index in [-0.39, 0.29) is 17.9 Å². The summed E-state index contributed by atoms with van der Waals surface area (Å²) < 4.78 is 0. The van der Waals surface area contributed by atoms with Gasteiger partial charge in [-0.2, -0.15) is 0 Å². The highest BCUT2D eigenvalue weighted by molar-refractivity contribution is 5.74. The van der Waals surface area contributed by atoms with E-state index in [1.165, 1.54) is 23.1 Å². The Hall–Kier alpha value is -1.19. The Morgan fingerprint density at radius 3 is 2.41 bits per heavy atom.